The topological polar surface area (TPSA) is 52.0 Å². The van der Waals surface area contributed by atoms with Gasteiger partial charge in [0.25, 0.3) is 0 Å². The highest BCUT2D eigenvalue weighted by atomic mass is 14.6. The zero-order chi connectivity index (χ0) is 8.15. The minimum atomic E-state index is 0.671. The van der Waals surface area contributed by atoms with Crippen molar-refractivity contribution in [2.45, 2.75) is 13.8 Å². The highest BCUT2D eigenvalue weighted by molar-refractivity contribution is 5.29. The van der Waals surface area contributed by atoms with Crippen molar-refractivity contribution in [3.63, 3.8) is 0 Å². The molecule has 0 saturated heterocycles. The Kier molecular flexibility index (Phi) is 3.33. The first kappa shape index (κ1) is 8.82. The molecule has 56 valence electrons. The molecule has 0 radical (unpaired) electrons. The quantitative estimate of drug-likeness (QED) is 0.564. The maximum absolute atomic E-state index is 5.53. The summed E-state index contributed by atoms with van der Waals surface area (Å²) in [5, 5.41) is 0. The lowest BCUT2D eigenvalue weighted by molar-refractivity contribution is 1.25. The molecule has 0 aromatic rings. The van der Waals surface area contributed by atoms with Gasteiger partial charge in [-0.25, -0.2) is 0 Å². The molecule has 10 heavy (non-hydrogen) atoms. The van der Waals surface area contributed by atoms with Crippen LogP contribution in [0.1, 0.15) is 13.8 Å². The summed E-state index contributed by atoms with van der Waals surface area (Å²) in [6.45, 7) is 7.25. The molecule has 0 unspecified atom stereocenters. The fourth-order valence-corrected chi connectivity index (χ4v) is 0.586. The molecule has 4 N–H and O–H groups in total. The van der Waals surface area contributed by atoms with E-state index >= 15 is 0 Å². The average molecular weight is 138 g/mol. The SMILES string of the molecule is C=C/C(N)=C(C)\C=C(/C)N. The van der Waals surface area contributed by atoms with Gasteiger partial charge >= 0.3 is 0 Å². The van der Waals surface area contributed by atoms with E-state index in [0.717, 1.165) is 11.3 Å². The van der Waals surface area contributed by atoms with Gasteiger partial charge in [-0.2, -0.15) is 0 Å². The van der Waals surface area contributed by atoms with Crippen LogP contribution < -0.4 is 11.5 Å². The van der Waals surface area contributed by atoms with Gasteiger partial charge in [0.2, 0.25) is 0 Å². The van der Waals surface area contributed by atoms with E-state index in [1.54, 1.807) is 6.08 Å². The highest BCUT2D eigenvalue weighted by Gasteiger charge is 1.87. The van der Waals surface area contributed by atoms with E-state index in [1.807, 2.05) is 19.9 Å². The molecular formula is C8H14N2. The van der Waals surface area contributed by atoms with Crippen molar-refractivity contribution >= 4 is 0 Å². The number of rotatable bonds is 2. The zero-order valence-electron chi connectivity index (χ0n) is 6.52. The summed E-state index contributed by atoms with van der Waals surface area (Å²) >= 11 is 0. The summed E-state index contributed by atoms with van der Waals surface area (Å²) in [6.07, 6.45) is 3.42. The summed E-state index contributed by atoms with van der Waals surface area (Å²) in [7, 11) is 0. The van der Waals surface area contributed by atoms with Crippen LogP contribution in [0.25, 0.3) is 0 Å². The van der Waals surface area contributed by atoms with Crippen LogP contribution in [0.15, 0.2) is 35.7 Å². The molecule has 0 aromatic heterocycles. The van der Waals surface area contributed by atoms with Crippen LogP contribution in [-0.4, -0.2) is 0 Å². The fraction of sp³-hybridized carbons (Fsp3) is 0.250. The average Bonchev–Trinajstić information content (AvgIpc) is 1.85. The first-order chi connectivity index (χ1) is 4.57. The molecule has 0 aromatic carbocycles. The van der Waals surface area contributed by atoms with E-state index in [1.165, 1.54) is 0 Å². The first-order valence-corrected chi connectivity index (χ1v) is 3.10. The van der Waals surface area contributed by atoms with Gasteiger partial charge in [0.05, 0.1) is 0 Å². The summed E-state index contributed by atoms with van der Waals surface area (Å²) in [6, 6.07) is 0. The molecule has 0 bridgehead atoms. The van der Waals surface area contributed by atoms with E-state index in [-0.39, 0.29) is 0 Å². The number of nitrogens with two attached hydrogens (primary N) is 2. The lowest BCUT2D eigenvalue weighted by Gasteiger charge is -1.96. The Balaban J connectivity index is 4.48. The van der Waals surface area contributed by atoms with Crippen molar-refractivity contribution in [3.8, 4) is 0 Å². The molecule has 0 amide bonds. The van der Waals surface area contributed by atoms with Crippen LogP contribution in [0.2, 0.25) is 0 Å². The summed E-state index contributed by atoms with van der Waals surface area (Å²) in [5.41, 5.74) is 13.3. The first-order valence-electron chi connectivity index (χ1n) is 3.10. The monoisotopic (exact) mass is 138 g/mol. The Hall–Kier alpha value is -1.18. The van der Waals surface area contributed by atoms with Gasteiger partial charge in [-0.1, -0.05) is 6.58 Å². The normalized spacial score (nSPS) is 14.4. The van der Waals surface area contributed by atoms with Crippen molar-refractivity contribution < 1.29 is 0 Å². The third kappa shape index (κ3) is 2.97. The second-order valence-corrected chi connectivity index (χ2v) is 2.23. The second kappa shape index (κ2) is 3.77. The second-order valence-electron chi connectivity index (χ2n) is 2.23. The van der Waals surface area contributed by atoms with Crippen molar-refractivity contribution in [1.29, 1.82) is 0 Å². The predicted octanol–water partition coefficient (Wildman–Crippen LogP) is 1.27. The van der Waals surface area contributed by atoms with Crippen molar-refractivity contribution in [3.05, 3.63) is 35.7 Å². The molecule has 0 aliphatic rings. The minimum Gasteiger partial charge on any atom is -0.402 e. The van der Waals surface area contributed by atoms with Gasteiger partial charge in [-0.3, -0.25) is 0 Å². The van der Waals surface area contributed by atoms with Crippen molar-refractivity contribution in [1.82, 2.24) is 0 Å². The third-order valence-corrected chi connectivity index (χ3v) is 1.12. The lowest BCUT2D eigenvalue weighted by atomic mass is 10.2. The van der Waals surface area contributed by atoms with E-state index in [0.29, 0.717) is 5.70 Å². The number of hydrogen-bond donors (Lipinski definition) is 2. The smallest absolute Gasteiger partial charge is 0.0338 e. The number of hydrogen-bond acceptors (Lipinski definition) is 2. The molecule has 0 aliphatic carbocycles. The molecule has 0 rings (SSSR count). The summed E-state index contributed by atoms with van der Waals surface area (Å²) < 4.78 is 0. The van der Waals surface area contributed by atoms with Crippen LogP contribution in [0.5, 0.6) is 0 Å². The molecule has 2 heteroatoms. The van der Waals surface area contributed by atoms with Crippen LogP contribution in [-0.2, 0) is 0 Å². The third-order valence-electron chi connectivity index (χ3n) is 1.12. The van der Waals surface area contributed by atoms with Crippen LogP contribution >= 0.6 is 0 Å². The fourth-order valence-electron chi connectivity index (χ4n) is 0.586. The van der Waals surface area contributed by atoms with E-state index in [2.05, 4.69) is 6.58 Å². The Morgan fingerprint density at radius 1 is 1.30 bits per heavy atom. The Morgan fingerprint density at radius 3 is 2.10 bits per heavy atom. The lowest BCUT2D eigenvalue weighted by Crippen LogP contribution is -1.97. The van der Waals surface area contributed by atoms with Crippen molar-refractivity contribution in [2.75, 3.05) is 0 Å². The van der Waals surface area contributed by atoms with E-state index in [4.69, 9.17) is 11.5 Å². The van der Waals surface area contributed by atoms with Crippen LogP contribution in [0.3, 0.4) is 0 Å². The maximum Gasteiger partial charge on any atom is 0.0338 e. The van der Waals surface area contributed by atoms with Gasteiger partial charge in [0.1, 0.15) is 0 Å². The molecule has 0 atom stereocenters. The Labute approximate surface area is 61.9 Å². The van der Waals surface area contributed by atoms with E-state index < -0.39 is 0 Å². The van der Waals surface area contributed by atoms with Gasteiger partial charge in [0.15, 0.2) is 0 Å². The van der Waals surface area contributed by atoms with Gasteiger partial charge in [-0.15, -0.1) is 0 Å². The Morgan fingerprint density at radius 2 is 1.80 bits per heavy atom. The van der Waals surface area contributed by atoms with Gasteiger partial charge < -0.3 is 11.5 Å². The highest BCUT2D eigenvalue weighted by Crippen LogP contribution is 2.01. The van der Waals surface area contributed by atoms with Gasteiger partial charge in [0, 0.05) is 11.4 Å². The maximum atomic E-state index is 5.53. The number of allylic oxidation sites excluding steroid dienone is 4. The molecule has 0 aliphatic heterocycles. The van der Waals surface area contributed by atoms with E-state index in [9.17, 15) is 0 Å². The summed E-state index contributed by atoms with van der Waals surface area (Å²) in [5.74, 6) is 0. The van der Waals surface area contributed by atoms with Crippen LogP contribution in [0.4, 0.5) is 0 Å². The predicted molar refractivity (Wildman–Crippen MR) is 45.0 cm³/mol. The minimum absolute atomic E-state index is 0.671. The van der Waals surface area contributed by atoms with Crippen molar-refractivity contribution in [2.24, 2.45) is 11.5 Å². The largest absolute Gasteiger partial charge is 0.402 e. The summed E-state index contributed by atoms with van der Waals surface area (Å²) in [4.78, 5) is 0. The zero-order valence-corrected chi connectivity index (χ0v) is 6.52. The molecular weight excluding hydrogens is 124 g/mol. The molecule has 0 spiro atoms. The molecule has 0 fully saturated rings. The molecule has 0 heterocycles. The molecule has 2 nitrogen and oxygen atoms in total. The molecule has 0 saturated carbocycles. The standard InChI is InChI=1S/C8H14N2/c1-4-8(10)6(2)5-7(3)9/h4-5H,1,9-10H2,2-3H3/b7-5+,8-6+. The Bertz CT molecular complexity index is 183. The van der Waals surface area contributed by atoms with Crippen LogP contribution in [0, 0.1) is 0 Å². The van der Waals surface area contributed by atoms with Gasteiger partial charge in [-0.05, 0) is 31.6 Å².